The number of carbonyl (C=O) groups is 1. The fraction of sp³-hybridized carbons (Fsp3) is 0.375. The number of fused-ring (bicyclic) bond motifs is 1. The summed E-state index contributed by atoms with van der Waals surface area (Å²) in [6.45, 7) is 2.78. The summed E-state index contributed by atoms with van der Waals surface area (Å²) in [5.41, 5.74) is 0.543. The van der Waals surface area contributed by atoms with E-state index in [0.717, 1.165) is 25.7 Å². The van der Waals surface area contributed by atoms with Crippen LogP contribution in [0.25, 0.3) is 10.9 Å². The third-order valence-electron chi connectivity index (χ3n) is 3.48. The highest BCUT2D eigenvalue weighted by molar-refractivity contribution is 6.02. The van der Waals surface area contributed by atoms with E-state index in [4.69, 9.17) is 0 Å². The first-order chi connectivity index (χ1) is 9.65. The largest absolute Gasteiger partial charge is 0.478 e. The number of nitrogens with zero attached hydrogens (tertiary/aromatic N) is 1. The standard InChI is InChI=1S/C16H19NO3/c1-2-3-4-7-10-17-14-9-6-5-8-12(14)13(16(19)20)11-15(17)18/h5-6,8-9,11H,2-4,7,10H2,1H3,(H,19,20). The number of aromatic carboxylic acids is 1. The Hall–Kier alpha value is -2.10. The van der Waals surface area contributed by atoms with E-state index in [9.17, 15) is 14.7 Å². The van der Waals surface area contributed by atoms with Gasteiger partial charge in [-0.2, -0.15) is 0 Å². The van der Waals surface area contributed by atoms with Gasteiger partial charge in [0.1, 0.15) is 0 Å². The number of aromatic nitrogens is 1. The van der Waals surface area contributed by atoms with Gasteiger partial charge in [-0.3, -0.25) is 4.79 Å². The summed E-state index contributed by atoms with van der Waals surface area (Å²) in [6.07, 6.45) is 4.32. The molecule has 1 N–H and O–H groups in total. The number of benzene rings is 1. The highest BCUT2D eigenvalue weighted by atomic mass is 16.4. The van der Waals surface area contributed by atoms with E-state index < -0.39 is 5.97 Å². The zero-order valence-corrected chi connectivity index (χ0v) is 11.6. The maximum Gasteiger partial charge on any atom is 0.336 e. The van der Waals surface area contributed by atoms with Gasteiger partial charge < -0.3 is 9.67 Å². The SMILES string of the molecule is CCCCCCn1c(=O)cc(C(=O)O)c2ccccc21. The van der Waals surface area contributed by atoms with Gasteiger partial charge in [-0.05, 0) is 12.5 Å². The van der Waals surface area contributed by atoms with E-state index in [-0.39, 0.29) is 11.1 Å². The number of carboxylic acids is 1. The van der Waals surface area contributed by atoms with Gasteiger partial charge in [0, 0.05) is 18.0 Å². The average Bonchev–Trinajstić information content (AvgIpc) is 2.44. The number of pyridine rings is 1. The summed E-state index contributed by atoms with van der Waals surface area (Å²) >= 11 is 0. The van der Waals surface area contributed by atoms with Gasteiger partial charge in [-0.15, -0.1) is 0 Å². The topological polar surface area (TPSA) is 59.3 Å². The van der Waals surface area contributed by atoms with E-state index in [1.54, 1.807) is 16.7 Å². The van der Waals surface area contributed by atoms with E-state index in [0.29, 0.717) is 17.4 Å². The van der Waals surface area contributed by atoms with Crippen molar-refractivity contribution in [1.82, 2.24) is 4.57 Å². The minimum atomic E-state index is -1.06. The molecule has 0 aliphatic heterocycles. The molecule has 0 aliphatic carbocycles. The second-order valence-electron chi connectivity index (χ2n) is 4.93. The van der Waals surface area contributed by atoms with Gasteiger partial charge in [-0.1, -0.05) is 44.4 Å². The van der Waals surface area contributed by atoms with Crippen molar-refractivity contribution >= 4 is 16.9 Å². The van der Waals surface area contributed by atoms with Gasteiger partial charge in [0.05, 0.1) is 11.1 Å². The van der Waals surface area contributed by atoms with Crippen LogP contribution < -0.4 is 5.56 Å². The third kappa shape index (κ3) is 2.90. The summed E-state index contributed by atoms with van der Waals surface area (Å²) in [5, 5.41) is 9.82. The molecule has 1 aromatic heterocycles. The van der Waals surface area contributed by atoms with Crippen molar-refractivity contribution in [3.63, 3.8) is 0 Å². The van der Waals surface area contributed by atoms with Gasteiger partial charge in [0.15, 0.2) is 0 Å². The lowest BCUT2D eigenvalue weighted by Crippen LogP contribution is -2.22. The second kappa shape index (κ2) is 6.37. The Kier molecular flexibility index (Phi) is 4.56. The molecule has 0 spiro atoms. The summed E-state index contributed by atoms with van der Waals surface area (Å²) in [7, 11) is 0. The van der Waals surface area contributed by atoms with Crippen LogP contribution in [0.2, 0.25) is 0 Å². The van der Waals surface area contributed by atoms with Crippen LogP contribution in [-0.4, -0.2) is 15.6 Å². The number of hydrogen-bond donors (Lipinski definition) is 1. The molecule has 0 fully saturated rings. The quantitative estimate of drug-likeness (QED) is 0.822. The maximum absolute atomic E-state index is 12.1. The predicted octanol–water partition coefficient (Wildman–Crippen LogP) is 3.28. The smallest absolute Gasteiger partial charge is 0.336 e. The Morgan fingerprint density at radius 3 is 2.65 bits per heavy atom. The lowest BCUT2D eigenvalue weighted by molar-refractivity contribution is 0.0698. The van der Waals surface area contributed by atoms with Crippen molar-refractivity contribution in [2.75, 3.05) is 0 Å². The normalized spacial score (nSPS) is 10.8. The molecule has 106 valence electrons. The molecule has 0 saturated carbocycles. The maximum atomic E-state index is 12.1. The Morgan fingerprint density at radius 1 is 1.20 bits per heavy atom. The van der Waals surface area contributed by atoms with E-state index in [1.165, 1.54) is 6.07 Å². The summed E-state index contributed by atoms with van der Waals surface area (Å²) < 4.78 is 1.68. The van der Waals surface area contributed by atoms with Crippen molar-refractivity contribution in [3.05, 3.63) is 46.2 Å². The van der Waals surface area contributed by atoms with E-state index >= 15 is 0 Å². The number of para-hydroxylation sites is 1. The molecule has 2 rings (SSSR count). The molecule has 2 aromatic rings. The Labute approximate surface area is 117 Å². The van der Waals surface area contributed by atoms with E-state index in [1.807, 2.05) is 12.1 Å². The summed E-state index contributed by atoms with van der Waals surface area (Å²) in [6, 6.07) is 8.41. The van der Waals surface area contributed by atoms with Crippen LogP contribution in [0.15, 0.2) is 35.1 Å². The minimum Gasteiger partial charge on any atom is -0.478 e. The Bertz CT molecular complexity index is 673. The van der Waals surface area contributed by atoms with Gasteiger partial charge in [0.25, 0.3) is 5.56 Å². The molecule has 4 nitrogen and oxygen atoms in total. The highest BCUT2D eigenvalue weighted by Crippen LogP contribution is 2.17. The Morgan fingerprint density at radius 2 is 1.95 bits per heavy atom. The monoisotopic (exact) mass is 273 g/mol. The van der Waals surface area contributed by atoms with Crippen molar-refractivity contribution in [2.45, 2.75) is 39.2 Å². The van der Waals surface area contributed by atoms with Crippen molar-refractivity contribution < 1.29 is 9.90 Å². The first kappa shape index (κ1) is 14.3. The molecule has 0 saturated heterocycles. The first-order valence-corrected chi connectivity index (χ1v) is 7.01. The summed E-state index contributed by atoms with van der Waals surface area (Å²) in [5.74, 6) is -1.06. The molecule has 1 aromatic carbocycles. The van der Waals surface area contributed by atoms with Gasteiger partial charge >= 0.3 is 5.97 Å². The number of aryl methyl sites for hydroxylation is 1. The molecule has 1 heterocycles. The molecular weight excluding hydrogens is 254 g/mol. The second-order valence-corrected chi connectivity index (χ2v) is 4.93. The Balaban J connectivity index is 2.45. The molecule has 0 amide bonds. The van der Waals surface area contributed by atoms with Crippen molar-refractivity contribution in [3.8, 4) is 0 Å². The van der Waals surface area contributed by atoms with Crippen LogP contribution in [0.3, 0.4) is 0 Å². The van der Waals surface area contributed by atoms with Crippen molar-refractivity contribution in [1.29, 1.82) is 0 Å². The number of unbranched alkanes of at least 4 members (excludes halogenated alkanes) is 3. The van der Waals surface area contributed by atoms with E-state index in [2.05, 4.69) is 6.92 Å². The number of carboxylic acid groups (broad SMARTS) is 1. The van der Waals surface area contributed by atoms with Gasteiger partial charge in [0.2, 0.25) is 0 Å². The molecule has 0 bridgehead atoms. The summed E-state index contributed by atoms with van der Waals surface area (Å²) in [4.78, 5) is 23.4. The lowest BCUT2D eigenvalue weighted by atomic mass is 10.1. The van der Waals surface area contributed by atoms with Gasteiger partial charge in [-0.25, -0.2) is 4.79 Å². The number of rotatable bonds is 6. The fourth-order valence-corrected chi connectivity index (χ4v) is 2.44. The molecule has 4 heteroatoms. The molecular formula is C16H19NO3. The van der Waals surface area contributed by atoms with Crippen LogP contribution >= 0.6 is 0 Å². The fourth-order valence-electron chi connectivity index (χ4n) is 2.44. The zero-order chi connectivity index (χ0) is 14.5. The molecule has 0 aliphatic rings. The van der Waals surface area contributed by atoms with Crippen LogP contribution in [0, 0.1) is 0 Å². The third-order valence-corrected chi connectivity index (χ3v) is 3.48. The highest BCUT2D eigenvalue weighted by Gasteiger charge is 2.13. The molecule has 0 radical (unpaired) electrons. The number of hydrogen-bond acceptors (Lipinski definition) is 2. The van der Waals surface area contributed by atoms with Crippen LogP contribution in [0.5, 0.6) is 0 Å². The van der Waals surface area contributed by atoms with Crippen molar-refractivity contribution in [2.24, 2.45) is 0 Å². The zero-order valence-electron chi connectivity index (χ0n) is 11.6. The average molecular weight is 273 g/mol. The minimum absolute atomic E-state index is 0.0791. The molecule has 0 unspecified atom stereocenters. The predicted molar refractivity (Wildman–Crippen MR) is 79.3 cm³/mol. The van der Waals surface area contributed by atoms with Crippen LogP contribution in [0.1, 0.15) is 43.0 Å². The lowest BCUT2D eigenvalue weighted by Gasteiger charge is -2.11. The first-order valence-electron chi connectivity index (χ1n) is 7.01. The molecule has 0 atom stereocenters. The molecule has 20 heavy (non-hydrogen) atoms. The van der Waals surface area contributed by atoms with Crippen LogP contribution in [-0.2, 0) is 6.54 Å². The van der Waals surface area contributed by atoms with Crippen LogP contribution in [0.4, 0.5) is 0 Å².